The van der Waals surface area contributed by atoms with E-state index in [1.807, 2.05) is 27.4 Å². The Morgan fingerprint density at radius 3 is 2.86 bits per heavy atom. The highest BCUT2D eigenvalue weighted by molar-refractivity contribution is 6.31. The summed E-state index contributed by atoms with van der Waals surface area (Å²) in [5.74, 6) is 2.27. The third-order valence-corrected chi connectivity index (χ3v) is 4.76. The van der Waals surface area contributed by atoms with Gasteiger partial charge in [0.2, 0.25) is 0 Å². The summed E-state index contributed by atoms with van der Waals surface area (Å²) in [6.07, 6.45) is 4.08. The van der Waals surface area contributed by atoms with E-state index in [4.69, 9.17) is 28.2 Å². The van der Waals surface area contributed by atoms with Crippen LogP contribution in [0.1, 0.15) is 30.3 Å². The van der Waals surface area contributed by atoms with Crippen molar-refractivity contribution >= 4 is 23.2 Å². The minimum absolute atomic E-state index is 0.497. The lowest BCUT2D eigenvalue weighted by Crippen LogP contribution is -2.05. The number of rotatable bonds is 1. The Kier molecular flexibility index (Phi) is 2.50. The highest BCUT2D eigenvalue weighted by Gasteiger charge is 2.31. The normalized spacial score (nSPS) is 15.9. The van der Waals surface area contributed by atoms with E-state index in [1.165, 1.54) is 12.8 Å². The molecule has 0 saturated heterocycles. The van der Waals surface area contributed by atoms with Gasteiger partial charge in [-0.1, -0.05) is 23.2 Å². The summed E-state index contributed by atoms with van der Waals surface area (Å²) in [7, 11) is 0. The Morgan fingerprint density at radius 2 is 2.05 bits per heavy atom. The standard InChI is InChI=1S/C15H11Cl2N5/c16-9-3-4-11-10(5-9)15-19-14(8-1-2-8)20-22(15)6-12-13(17)18-7-21(11)12/h3-5,7-8H,1-2,6H2. The van der Waals surface area contributed by atoms with E-state index in [2.05, 4.69) is 10.1 Å². The maximum atomic E-state index is 6.26. The Bertz CT molecular complexity index is 907. The minimum atomic E-state index is 0.497. The number of hydrogen-bond donors (Lipinski definition) is 0. The summed E-state index contributed by atoms with van der Waals surface area (Å²) < 4.78 is 3.90. The zero-order valence-corrected chi connectivity index (χ0v) is 13.0. The molecule has 5 nitrogen and oxygen atoms in total. The Labute approximate surface area is 136 Å². The van der Waals surface area contributed by atoms with Gasteiger partial charge in [-0.05, 0) is 31.0 Å². The Balaban J connectivity index is 1.83. The molecule has 1 aliphatic carbocycles. The molecule has 22 heavy (non-hydrogen) atoms. The molecule has 3 aromatic rings. The van der Waals surface area contributed by atoms with Crippen molar-refractivity contribution in [1.82, 2.24) is 24.3 Å². The van der Waals surface area contributed by atoms with E-state index in [0.29, 0.717) is 22.6 Å². The van der Waals surface area contributed by atoms with Crippen LogP contribution >= 0.6 is 23.2 Å². The first-order valence-corrected chi connectivity index (χ1v) is 7.93. The summed E-state index contributed by atoms with van der Waals surface area (Å²) in [6.45, 7) is 0.556. The van der Waals surface area contributed by atoms with Crippen LogP contribution in [0.25, 0.3) is 17.1 Å². The van der Waals surface area contributed by atoms with Gasteiger partial charge in [-0.25, -0.2) is 14.6 Å². The van der Waals surface area contributed by atoms with E-state index >= 15 is 0 Å². The van der Waals surface area contributed by atoms with Crippen LogP contribution in [0.3, 0.4) is 0 Å². The van der Waals surface area contributed by atoms with Gasteiger partial charge in [0.15, 0.2) is 16.8 Å². The first kappa shape index (κ1) is 12.7. The van der Waals surface area contributed by atoms with Crippen molar-refractivity contribution in [2.75, 3.05) is 0 Å². The Morgan fingerprint density at radius 1 is 1.18 bits per heavy atom. The monoisotopic (exact) mass is 331 g/mol. The molecule has 0 spiro atoms. The summed E-state index contributed by atoms with van der Waals surface area (Å²) in [5.41, 5.74) is 2.85. The van der Waals surface area contributed by atoms with Crippen LogP contribution in [0.15, 0.2) is 24.5 Å². The fraction of sp³-hybridized carbons (Fsp3) is 0.267. The lowest BCUT2D eigenvalue weighted by atomic mass is 10.1. The third-order valence-electron chi connectivity index (χ3n) is 4.20. The van der Waals surface area contributed by atoms with Crippen LogP contribution in [0, 0.1) is 0 Å². The van der Waals surface area contributed by atoms with Gasteiger partial charge >= 0.3 is 0 Å². The van der Waals surface area contributed by atoms with E-state index < -0.39 is 0 Å². The summed E-state index contributed by atoms with van der Waals surface area (Å²) in [5, 5.41) is 5.86. The fourth-order valence-corrected chi connectivity index (χ4v) is 3.29. The molecule has 2 aliphatic rings. The van der Waals surface area contributed by atoms with Crippen molar-refractivity contribution in [1.29, 1.82) is 0 Å². The molecular weight excluding hydrogens is 321 g/mol. The van der Waals surface area contributed by atoms with Gasteiger partial charge in [-0.3, -0.25) is 4.57 Å². The second-order valence-corrected chi connectivity index (χ2v) is 6.53. The van der Waals surface area contributed by atoms with Crippen LogP contribution in [0.4, 0.5) is 0 Å². The molecule has 0 unspecified atom stereocenters. The third kappa shape index (κ3) is 1.76. The zero-order chi connectivity index (χ0) is 14.8. The lowest BCUT2D eigenvalue weighted by Gasteiger charge is -2.08. The molecule has 1 fully saturated rings. The number of aromatic nitrogens is 5. The van der Waals surface area contributed by atoms with Crippen molar-refractivity contribution in [2.45, 2.75) is 25.3 Å². The van der Waals surface area contributed by atoms with Crippen LogP contribution in [0.5, 0.6) is 0 Å². The van der Waals surface area contributed by atoms with Crippen LogP contribution < -0.4 is 0 Å². The van der Waals surface area contributed by atoms with Gasteiger partial charge in [0.25, 0.3) is 0 Å². The highest BCUT2D eigenvalue weighted by Crippen LogP contribution is 2.41. The van der Waals surface area contributed by atoms with Crippen LogP contribution in [-0.2, 0) is 6.54 Å². The maximum absolute atomic E-state index is 6.26. The first-order valence-electron chi connectivity index (χ1n) is 7.17. The topological polar surface area (TPSA) is 48.5 Å². The lowest BCUT2D eigenvalue weighted by molar-refractivity contribution is 0.665. The van der Waals surface area contributed by atoms with E-state index in [9.17, 15) is 0 Å². The van der Waals surface area contributed by atoms with Gasteiger partial charge in [0.05, 0.1) is 17.9 Å². The molecule has 1 aliphatic heterocycles. The molecule has 7 heteroatoms. The second kappa shape index (κ2) is 4.33. The van der Waals surface area contributed by atoms with Crippen molar-refractivity contribution in [3.63, 3.8) is 0 Å². The fourth-order valence-electron chi connectivity index (χ4n) is 2.92. The van der Waals surface area contributed by atoms with E-state index in [-0.39, 0.29) is 0 Å². The average Bonchev–Trinajstić information content (AvgIpc) is 3.21. The number of benzene rings is 1. The second-order valence-electron chi connectivity index (χ2n) is 5.74. The SMILES string of the molecule is Clc1ccc2c(c1)-c1nc(C3CC3)nn1Cc1c(Cl)ncn1-2. The minimum Gasteiger partial charge on any atom is -0.299 e. The molecule has 0 radical (unpaired) electrons. The van der Waals surface area contributed by atoms with Gasteiger partial charge in [0, 0.05) is 16.5 Å². The molecule has 0 bridgehead atoms. The number of imidazole rings is 1. The van der Waals surface area contributed by atoms with Crippen molar-refractivity contribution in [2.24, 2.45) is 0 Å². The summed E-state index contributed by atoms with van der Waals surface area (Å²) in [6, 6.07) is 5.77. The molecule has 2 aromatic heterocycles. The summed E-state index contributed by atoms with van der Waals surface area (Å²) >= 11 is 12.5. The number of nitrogens with zero attached hydrogens (tertiary/aromatic N) is 5. The number of fused-ring (bicyclic) bond motifs is 5. The molecule has 5 rings (SSSR count). The van der Waals surface area contributed by atoms with Gasteiger partial charge in [-0.2, -0.15) is 5.10 Å². The molecular formula is C15H11Cl2N5. The molecule has 3 heterocycles. The molecule has 1 aromatic carbocycles. The molecule has 110 valence electrons. The summed E-state index contributed by atoms with van der Waals surface area (Å²) in [4.78, 5) is 8.99. The largest absolute Gasteiger partial charge is 0.299 e. The predicted octanol–water partition coefficient (Wildman–Crippen LogP) is 3.68. The first-order chi connectivity index (χ1) is 10.7. The molecule has 0 atom stereocenters. The van der Waals surface area contributed by atoms with E-state index in [1.54, 1.807) is 6.33 Å². The van der Waals surface area contributed by atoms with Crippen LogP contribution in [-0.4, -0.2) is 24.3 Å². The number of hydrogen-bond acceptors (Lipinski definition) is 3. The quantitative estimate of drug-likeness (QED) is 0.534. The van der Waals surface area contributed by atoms with Crippen molar-refractivity contribution < 1.29 is 0 Å². The van der Waals surface area contributed by atoms with Crippen molar-refractivity contribution in [3.8, 4) is 17.1 Å². The molecule has 0 N–H and O–H groups in total. The van der Waals surface area contributed by atoms with Gasteiger partial charge < -0.3 is 0 Å². The molecule has 1 saturated carbocycles. The average molecular weight is 332 g/mol. The van der Waals surface area contributed by atoms with Gasteiger partial charge in [-0.15, -0.1) is 0 Å². The molecule has 0 amide bonds. The number of halogens is 2. The smallest absolute Gasteiger partial charge is 0.160 e. The van der Waals surface area contributed by atoms with Crippen LogP contribution in [0.2, 0.25) is 10.2 Å². The Hall–Kier alpha value is -1.85. The van der Waals surface area contributed by atoms with Gasteiger partial charge in [0.1, 0.15) is 6.33 Å². The van der Waals surface area contributed by atoms with E-state index in [0.717, 1.165) is 28.6 Å². The van der Waals surface area contributed by atoms with Crippen molar-refractivity contribution in [3.05, 3.63) is 46.2 Å². The maximum Gasteiger partial charge on any atom is 0.160 e. The highest BCUT2D eigenvalue weighted by atomic mass is 35.5. The zero-order valence-electron chi connectivity index (χ0n) is 11.5. The predicted molar refractivity (Wildman–Crippen MR) is 83.7 cm³/mol.